The van der Waals surface area contributed by atoms with Crippen molar-refractivity contribution in [1.82, 2.24) is 20.0 Å². The first-order valence-electron chi connectivity index (χ1n) is 8.37. The highest BCUT2D eigenvalue weighted by Crippen LogP contribution is 2.39. The number of fused-ring (bicyclic) bond motifs is 4. The molecule has 0 saturated carbocycles. The number of carbonyl (C=O) groups excluding carboxylic acids is 1. The molecule has 2 aromatic carbocycles. The van der Waals surface area contributed by atoms with Gasteiger partial charge in [-0.05, 0) is 23.3 Å². The molecule has 5 rings (SSSR count). The van der Waals surface area contributed by atoms with Crippen molar-refractivity contribution in [1.29, 1.82) is 0 Å². The minimum atomic E-state index is -0.0974. The molecule has 126 valence electrons. The van der Waals surface area contributed by atoms with Crippen LogP contribution in [0.5, 0.6) is 0 Å². The predicted octanol–water partition coefficient (Wildman–Crippen LogP) is 3.19. The lowest BCUT2D eigenvalue weighted by molar-refractivity contribution is 0.0986. The molecule has 1 amide bonds. The molecule has 0 unspecified atom stereocenters. The van der Waals surface area contributed by atoms with E-state index in [1.165, 1.54) is 5.56 Å². The first-order valence-corrected chi connectivity index (χ1v) is 8.37. The molecule has 26 heavy (non-hydrogen) atoms. The van der Waals surface area contributed by atoms with Crippen molar-refractivity contribution in [2.24, 2.45) is 7.05 Å². The van der Waals surface area contributed by atoms with Crippen molar-refractivity contribution in [2.75, 3.05) is 4.90 Å². The van der Waals surface area contributed by atoms with E-state index in [1.807, 2.05) is 30.3 Å². The van der Waals surface area contributed by atoms with Crippen molar-refractivity contribution < 1.29 is 4.79 Å². The fourth-order valence-corrected chi connectivity index (χ4v) is 3.54. The summed E-state index contributed by atoms with van der Waals surface area (Å²) in [5, 5.41) is 8.13. The van der Waals surface area contributed by atoms with Crippen molar-refractivity contribution >= 4 is 22.8 Å². The second-order valence-corrected chi connectivity index (χ2v) is 6.31. The number of pyridine rings is 1. The number of para-hydroxylation sites is 1. The molecule has 0 bridgehead atoms. The summed E-state index contributed by atoms with van der Waals surface area (Å²) < 4.78 is 1.57. The standard InChI is InChI=1S/C20H15N5O/c1-24-19-18(22-23-24)16(10-11-21-19)20(26)25-12-13-6-2-3-7-14(13)15-8-4-5-9-17(15)25/h2-11H,12H2,1H3. The maximum atomic E-state index is 13.4. The Bertz CT molecular complexity index is 1160. The van der Waals surface area contributed by atoms with Gasteiger partial charge in [0.15, 0.2) is 5.65 Å². The Morgan fingerprint density at radius 2 is 1.77 bits per heavy atom. The maximum Gasteiger partial charge on any atom is 0.261 e. The van der Waals surface area contributed by atoms with Gasteiger partial charge in [-0.15, -0.1) is 5.10 Å². The number of rotatable bonds is 1. The monoisotopic (exact) mass is 341 g/mol. The molecule has 0 fully saturated rings. The Labute approximate surface area is 149 Å². The summed E-state index contributed by atoms with van der Waals surface area (Å²) in [5.74, 6) is -0.0974. The molecule has 0 saturated heterocycles. The van der Waals surface area contributed by atoms with E-state index in [9.17, 15) is 4.79 Å². The summed E-state index contributed by atoms with van der Waals surface area (Å²) in [4.78, 5) is 19.5. The van der Waals surface area contributed by atoms with Crippen LogP contribution in [0.1, 0.15) is 15.9 Å². The lowest BCUT2D eigenvalue weighted by atomic mass is 9.93. The van der Waals surface area contributed by atoms with Gasteiger partial charge in [0.05, 0.1) is 17.8 Å². The molecule has 0 N–H and O–H groups in total. The minimum Gasteiger partial charge on any atom is -0.303 e. The number of benzene rings is 2. The highest BCUT2D eigenvalue weighted by Gasteiger charge is 2.28. The molecule has 2 aromatic heterocycles. The molecule has 0 radical (unpaired) electrons. The average molecular weight is 341 g/mol. The molecular formula is C20H15N5O. The van der Waals surface area contributed by atoms with Crippen LogP contribution in [0.2, 0.25) is 0 Å². The van der Waals surface area contributed by atoms with Crippen LogP contribution in [-0.4, -0.2) is 25.9 Å². The van der Waals surface area contributed by atoms with Gasteiger partial charge < -0.3 is 4.90 Å². The zero-order chi connectivity index (χ0) is 17.7. The molecule has 6 nitrogen and oxygen atoms in total. The SMILES string of the molecule is Cn1nnc2c(C(=O)N3Cc4ccccc4-c4ccccc43)ccnc21. The van der Waals surface area contributed by atoms with E-state index < -0.39 is 0 Å². The molecule has 0 spiro atoms. The van der Waals surface area contributed by atoms with Crippen LogP contribution in [0.25, 0.3) is 22.3 Å². The molecule has 6 heteroatoms. The zero-order valence-corrected chi connectivity index (χ0v) is 14.1. The van der Waals surface area contributed by atoms with Crippen molar-refractivity contribution in [2.45, 2.75) is 6.54 Å². The van der Waals surface area contributed by atoms with Crippen LogP contribution in [0.4, 0.5) is 5.69 Å². The topological polar surface area (TPSA) is 63.9 Å². The quantitative estimate of drug-likeness (QED) is 0.533. The maximum absolute atomic E-state index is 13.4. The second kappa shape index (κ2) is 5.49. The van der Waals surface area contributed by atoms with Gasteiger partial charge in [-0.25, -0.2) is 9.67 Å². The Morgan fingerprint density at radius 3 is 2.65 bits per heavy atom. The lowest BCUT2D eigenvalue weighted by Gasteiger charge is -2.31. The van der Waals surface area contributed by atoms with Gasteiger partial charge in [-0.2, -0.15) is 0 Å². The van der Waals surface area contributed by atoms with Crippen LogP contribution < -0.4 is 4.90 Å². The Hall–Kier alpha value is -3.54. The summed E-state index contributed by atoms with van der Waals surface area (Å²) >= 11 is 0. The number of carbonyl (C=O) groups is 1. The second-order valence-electron chi connectivity index (χ2n) is 6.31. The first-order chi connectivity index (χ1) is 12.7. The smallest absolute Gasteiger partial charge is 0.261 e. The lowest BCUT2D eigenvalue weighted by Crippen LogP contribution is -2.33. The van der Waals surface area contributed by atoms with Crippen molar-refractivity contribution in [3.8, 4) is 11.1 Å². The first kappa shape index (κ1) is 14.8. The Kier molecular flexibility index (Phi) is 3.12. The van der Waals surface area contributed by atoms with E-state index in [2.05, 4.69) is 33.5 Å². The van der Waals surface area contributed by atoms with Crippen LogP contribution in [-0.2, 0) is 13.6 Å². The molecule has 4 aromatic rings. The van der Waals surface area contributed by atoms with Crippen LogP contribution in [0.15, 0.2) is 60.8 Å². The van der Waals surface area contributed by atoms with Crippen LogP contribution in [0, 0.1) is 0 Å². The highest BCUT2D eigenvalue weighted by atomic mass is 16.2. The number of amides is 1. The van der Waals surface area contributed by atoms with Crippen molar-refractivity contribution in [3.05, 3.63) is 71.9 Å². The normalized spacial score (nSPS) is 12.7. The third-order valence-electron chi connectivity index (χ3n) is 4.80. The molecule has 1 aliphatic rings. The fourth-order valence-electron chi connectivity index (χ4n) is 3.54. The predicted molar refractivity (Wildman–Crippen MR) is 98.7 cm³/mol. The van der Waals surface area contributed by atoms with Gasteiger partial charge in [-0.3, -0.25) is 4.79 Å². The number of nitrogens with zero attached hydrogens (tertiary/aromatic N) is 5. The summed E-state index contributed by atoms with van der Waals surface area (Å²) in [5.41, 5.74) is 5.91. The molecule has 0 atom stereocenters. The van der Waals surface area contributed by atoms with Gasteiger partial charge in [0, 0.05) is 18.8 Å². The van der Waals surface area contributed by atoms with E-state index in [-0.39, 0.29) is 5.91 Å². The average Bonchev–Trinajstić information content (AvgIpc) is 3.08. The number of hydrogen-bond donors (Lipinski definition) is 0. The van der Waals surface area contributed by atoms with Gasteiger partial charge in [0.2, 0.25) is 0 Å². The van der Waals surface area contributed by atoms with E-state index in [4.69, 9.17) is 0 Å². The zero-order valence-electron chi connectivity index (χ0n) is 14.1. The summed E-state index contributed by atoms with van der Waals surface area (Å²) in [6, 6.07) is 17.9. The third kappa shape index (κ3) is 2.05. The molecule has 3 heterocycles. The van der Waals surface area contributed by atoms with E-state index in [1.54, 1.807) is 28.9 Å². The van der Waals surface area contributed by atoms with E-state index in [0.717, 1.165) is 16.8 Å². The summed E-state index contributed by atoms with van der Waals surface area (Å²) in [6.45, 7) is 0.524. The number of hydrogen-bond acceptors (Lipinski definition) is 4. The number of aryl methyl sites for hydroxylation is 1. The molecular weight excluding hydrogens is 326 g/mol. The fraction of sp³-hybridized carbons (Fsp3) is 0.100. The number of anilines is 1. The Morgan fingerprint density at radius 1 is 1.00 bits per heavy atom. The van der Waals surface area contributed by atoms with Gasteiger partial charge in [0.1, 0.15) is 5.52 Å². The number of aromatic nitrogens is 4. The van der Waals surface area contributed by atoms with Crippen molar-refractivity contribution in [3.63, 3.8) is 0 Å². The summed E-state index contributed by atoms with van der Waals surface area (Å²) in [7, 11) is 1.77. The molecule has 1 aliphatic heterocycles. The van der Waals surface area contributed by atoms with Gasteiger partial charge in [0.25, 0.3) is 5.91 Å². The largest absolute Gasteiger partial charge is 0.303 e. The van der Waals surface area contributed by atoms with Crippen LogP contribution >= 0.6 is 0 Å². The van der Waals surface area contributed by atoms with E-state index in [0.29, 0.717) is 23.3 Å². The molecule has 0 aliphatic carbocycles. The van der Waals surface area contributed by atoms with Gasteiger partial charge in [-0.1, -0.05) is 47.7 Å². The minimum absolute atomic E-state index is 0.0974. The van der Waals surface area contributed by atoms with Crippen LogP contribution in [0.3, 0.4) is 0 Å². The third-order valence-corrected chi connectivity index (χ3v) is 4.80. The summed E-state index contributed by atoms with van der Waals surface area (Å²) in [6.07, 6.45) is 1.63. The Balaban J connectivity index is 1.68. The highest BCUT2D eigenvalue weighted by molar-refractivity contribution is 6.14. The van der Waals surface area contributed by atoms with E-state index >= 15 is 0 Å². The van der Waals surface area contributed by atoms with Gasteiger partial charge >= 0.3 is 0 Å².